The van der Waals surface area contributed by atoms with Crippen LogP contribution in [0.3, 0.4) is 0 Å². The van der Waals surface area contributed by atoms with Crippen LogP contribution in [0.5, 0.6) is 0 Å². The third kappa shape index (κ3) is 3.77. The van der Waals surface area contributed by atoms with Crippen LogP contribution in [0.4, 0.5) is 22.1 Å². The summed E-state index contributed by atoms with van der Waals surface area (Å²) in [5.41, 5.74) is 6.47. The summed E-state index contributed by atoms with van der Waals surface area (Å²) in [7, 11) is -2.34. The number of nitrogens with two attached hydrogens (primary N) is 1. The number of rotatable bonds is 5. The summed E-state index contributed by atoms with van der Waals surface area (Å²) in [6.07, 6.45) is 4.01. The van der Waals surface area contributed by atoms with Crippen LogP contribution in [0.25, 0.3) is 0 Å². The lowest BCUT2D eigenvalue weighted by molar-refractivity contribution is 0.221. The van der Waals surface area contributed by atoms with Crippen molar-refractivity contribution >= 4 is 33.4 Å². The van der Waals surface area contributed by atoms with E-state index in [1.165, 1.54) is 11.0 Å². The average molecular weight is 432 g/mol. The fourth-order valence-corrected chi connectivity index (χ4v) is 5.48. The van der Waals surface area contributed by atoms with Gasteiger partial charge in [0.15, 0.2) is 0 Å². The number of amides is 2. The molecular formula is C19H25N7O3S. The van der Waals surface area contributed by atoms with E-state index in [2.05, 4.69) is 19.8 Å². The number of hydrogen-bond acceptors (Lipinski definition) is 8. The number of sulfonamides is 1. The number of fused-ring (bicyclic) bond motifs is 1. The first kappa shape index (κ1) is 20.4. The predicted octanol–water partition coefficient (Wildman–Crippen LogP) is 0.832. The second kappa shape index (κ2) is 8.07. The van der Waals surface area contributed by atoms with Crippen LogP contribution < -0.4 is 15.5 Å². The number of anilines is 3. The maximum absolute atomic E-state index is 13.0. The van der Waals surface area contributed by atoms with Gasteiger partial charge in [-0.1, -0.05) is 0 Å². The molecule has 1 fully saturated rings. The van der Waals surface area contributed by atoms with Gasteiger partial charge in [0.25, 0.3) is 10.0 Å². The van der Waals surface area contributed by atoms with Crippen molar-refractivity contribution in [2.75, 3.05) is 61.8 Å². The Kier molecular flexibility index (Phi) is 5.48. The van der Waals surface area contributed by atoms with Crippen LogP contribution in [-0.4, -0.2) is 79.9 Å². The Morgan fingerprint density at radius 1 is 1.07 bits per heavy atom. The minimum atomic E-state index is -3.92. The molecule has 2 N–H and O–H groups in total. The fraction of sp³-hybridized carbons (Fsp3) is 0.421. The lowest BCUT2D eigenvalue weighted by atomic mass is 10.2. The summed E-state index contributed by atoms with van der Waals surface area (Å²) in [6, 6.07) is 5.81. The fourth-order valence-electron chi connectivity index (χ4n) is 3.79. The Morgan fingerprint density at radius 2 is 1.77 bits per heavy atom. The van der Waals surface area contributed by atoms with Gasteiger partial charge in [0.1, 0.15) is 4.90 Å². The van der Waals surface area contributed by atoms with Gasteiger partial charge in [-0.05, 0) is 30.7 Å². The summed E-state index contributed by atoms with van der Waals surface area (Å²) in [5.74, 6) is 0.725. The molecule has 2 amide bonds. The molecule has 1 aromatic carbocycles. The molecule has 1 aromatic heterocycles. The number of aromatic nitrogens is 2. The van der Waals surface area contributed by atoms with Crippen LogP contribution in [0.15, 0.2) is 41.6 Å². The molecule has 1 saturated heterocycles. The van der Waals surface area contributed by atoms with E-state index in [0.717, 1.165) is 36.4 Å². The first-order valence-corrected chi connectivity index (χ1v) is 11.3. The maximum atomic E-state index is 13.0. The van der Waals surface area contributed by atoms with E-state index in [1.54, 1.807) is 37.6 Å². The molecule has 0 spiro atoms. The van der Waals surface area contributed by atoms with Crippen molar-refractivity contribution in [3.8, 4) is 0 Å². The van der Waals surface area contributed by atoms with E-state index in [0.29, 0.717) is 24.3 Å². The number of carbonyl (C=O) groups is 1. The predicted molar refractivity (Wildman–Crippen MR) is 114 cm³/mol. The van der Waals surface area contributed by atoms with Gasteiger partial charge in [0, 0.05) is 64.4 Å². The Labute approximate surface area is 176 Å². The van der Waals surface area contributed by atoms with E-state index >= 15 is 0 Å². The number of benzene rings is 1. The minimum Gasteiger partial charge on any atom is -0.399 e. The lowest BCUT2D eigenvalue weighted by Gasteiger charge is -2.36. The van der Waals surface area contributed by atoms with Gasteiger partial charge in [-0.15, -0.1) is 0 Å². The molecule has 11 heteroatoms. The first-order valence-electron chi connectivity index (χ1n) is 9.82. The molecule has 10 nitrogen and oxygen atoms in total. The monoisotopic (exact) mass is 431 g/mol. The molecule has 2 aliphatic heterocycles. The molecule has 160 valence electrons. The molecule has 0 saturated carbocycles. The maximum Gasteiger partial charge on any atom is 0.338 e. The van der Waals surface area contributed by atoms with Gasteiger partial charge in [0.2, 0.25) is 5.95 Å². The quantitative estimate of drug-likeness (QED) is 0.692. The van der Waals surface area contributed by atoms with Crippen molar-refractivity contribution in [1.82, 2.24) is 19.2 Å². The van der Waals surface area contributed by atoms with Gasteiger partial charge in [0.05, 0.1) is 5.69 Å². The summed E-state index contributed by atoms with van der Waals surface area (Å²) in [6.45, 7) is 4.11. The van der Waals surface area contributed by atoms with Gasteiger partial charge >= 0.3 is 6.03 Å². The molecule has 4 rings (SSSR count). The van der Waals surface area contributed by atoms with Crippen LogP contribution in [-0.2, 0) is 10.0 Å². The average Bonchev–Trinajstić information content (AvgIpc) is 2.76. The zero-order valence-electron chi connectivity index (χ0n) is 16.8. The second-order valence-corrected chi connectivity index (χ2v) is 9.21. The molecule has 3 heterocycles. The highest BCUT2D eigenvalue weighted by molar-refractivity contribution is 7.90. The number of carbonyl (C=O) groups excluding carboxylic acids is 1. The normalized spacial score (nSPS) is 19.1. The number of urea groups is 1. The van der Waals surface area contributed by atoms with Gasteiger partial charge in [-0.25, -0.2) is 27.5 Å². The van der Waals surface area contributed by atoms with E-state index in [4.69, 9.17) is 5.73 Å². The Hall–Kier alpha value is -2.92. The van der Waals surface area contributed by atoms with Gasteiger partial charge < -0.3 is 10.6 Å². The third-order valence-electron chi connectivity index (χ3n) is 5.46. The number of nitrogens with zero attached hydrogens (tertiary/aromatic N) is 6. The molecule has 0 radical (unpaired) electrons. The van der Waals surface area contributed by atoms with Crippen molar-refractivity contribution in [1.29, 1.82) is 0 Å². The largest absolute Gasteiger partial charge is 0.399 e. The molecule has 2 aliphatic rings. The van der Waals surface area contributed by atoms with Gasteiger partial charge in [-0.3, -0.25) is 9.80 Å². The highest BCUT2D eigenvalue weighted by atomic mass is 32.2. The van der Waals surface area contributed by atoms with Gasteiger partial charge in [-0.2, -0.15) is 0 Å². The summed E-state index contributed by atoms with van der Waals surface area (Å²) >= 11 is 0. The molecule has 0 atom stereocenters. The van der Waals surface area contributed by atoms with E-state index in [-0.39, 0.29) is 11.4 Å². The van der Waals surface area contributed by atoms with Crippen LogP contribution in [0.1, 0.15) is 6.42 Å². The molecule has 0 unspecified atom stereocenters. The van der Waals surface area contributed by atoms with Crippen molar-refractivity contribution in [3.63, 3.8) is 0 Å². The number of nitrogen functional groups attached to an aromatic ring is 1. The van der Waals surface area contributed by atoms with Crippen molar-refractivity contribution in [2.45, 2.75) is 11.3 Å². The van der Waals surface area contributed by atoms with Crippen LogP contribution in [0, 0.1) is 0 Å². The Bertz CT molecular complexity index is 1020. The van der Waals surface area contributed by atoms with E-state index in [9.17, 15) is 13.2 Å². The van der Waals surface area contributed by atoms with Crippen molar-refractivity contribution in [3.05, 3.63) is 36.7 Å². The van der Waals surface area contributed by atoms with Crippen LogP contribution >= 0.6 is 0 Å². The number of hydrogen-bond donors (Lipinski definition) is 1. The second-order valence-electron chi connectivity index (χ2n) is 7.38. The number of piperazine rings is 1. The Morgan fingerprint density at radius 3 is 2.47 bits per heavy atom. The molecule has 30 heavy (non-hydrogen) atoms. The highest BCUT2D eigenvalue weighted by Gasteiger charge is 2.39. The standard InChI is InChI=1S/C19H25N7O3S/c1-23-16-5-4-15(20)14-17(16)30(28,29)26(19(23)27)9-3-8-24-10-12-25(13-11-24)18-21-6-2-7-22-18/h2,4-7,14H,3,8-13,20H2,1H3. The molecule has 0 bridgehead atoms. The van der Waals surface area contributed by atoms with E-state index < -0.39 is 16.1 Å². The van der Waals surface area contributed by atoms with Crippen LogP contribution in [0.2, 0.25) is 0 Å². The zero-order chi connectivity index (χ0) is 21.3. The summed E-state index contributed by atoms with van der Waals surface area (Å²) in [5, 5.41) is 0. The molecule has 2 aromatic rings. The summed E-state index contributed by atoms with van der Waals surface area (Å²) < 4.78 is 26.9. The van der Waals surface area contributed by atoms with E-state index in [1.807, 2.05) is 0 Å². The Balaban J connectivity index is 1.36. The highest BCUT2D eigenvalue weighted by Crippen LogP contribution is 2.34. The molecule has 0 aliphatic carbocycles. The smallest absolute Gasteiger partial charge is 0.338 e. The minimum absolute atomic E-state index is 0.0704. The third-order valence-corrected chi connectivity index (χ3v) is 7.26. The van der Waals surface area contributed by atoms with Crippen molar-refractivity contribution < 1.29 is 13.2 Å². The SMILES string of the molecule is CN1C(=O)N(CCCN2CCN(c3ncccn3)CC2)S(=O)(=O)c2cc(N)ccc21. The first-order chi connectivity index (χ1) is 14.4. The zero-order valence-corrected chi connectivity index (χ0v) is 17.6. The lowest BCUT2D eigenvalue weighted by Crippen LogP contribution is -2.50. The molecular weight excluding hydrogens is 406 g/mol. The topological polar surface area (TPSA) is 116 Å². The van der Waals surface area contributed by atoms with Crippen molar-refractivity contribution in [2.24, 2.45) is 0 Å². The summed E-state index contributed by atoms with van der Waals surface area (Å²) in [4.78, 5) is 27.1.